The molecule has 0 radical (unpaired) electrons. The van der Waals surface area contributed by atoms with Crippen molar-refractivity contribution in [3.8, 4) is 0 Å². The lowest BCUT2D eigenvalue weighted by Gasteiger charge is -1.98. The van der Waals surface area contributed by atoms with E-state index in [2.05, 4.69) is 5.16 Å². The normalized spacial score (nSPS) is 11.5. The fourth-order valence-electron chi connectivity index (χ4n) is 1.20. The van der Waals surface area contributed by atoms with Gasteiger partial charge in [-0.15, -0.1) is 0 Å². The molecular formula is C13H13NO5. The Morgan fingerprint density at radius 1 is 1.21 bits per heavy atom. The van der Waals surface area contributed by atoms with Crippen LogP contribution in [0.3, 0.4) is 0 Å². The van der Waals surface area contributed by atoms with Gasteiger partial charge in [0, 0.05) is 0 Å². The molecule has 0 unspecified atom stereocenters. The van der Waals surface area contributed by atoms with Gasteiger partial charge in [0.1, 0.15) is 6.61 Å². The van der Waals surface area contributed by atoms with Crippen molar-refractivity contribution in [2.45, 2.75) is 6.42 Å². The van der Waals surface area contributed by atoms with Gasteiger partial charge in [0.25, 0.3) is 0 Å². The van der Waals surface area contributed by atoms with Crippen LogP contribution in [-0.4, -0.2) is 34.5 Å². The largest absolute Gasteiger partial charge is 0.481 e. The molecule has 1 rings (SSSR count). The summed E-state index contributed by atoms with van der Waals surface area (Å²) < 4.78 is 0. The summed E-state index contributed by atoms with van der Waals surface area (Å²) in [6.45, 7) is 0.0608. The average Bonchev–Trinajstić information content (AvgIpc) is 2.37. The maximum atomic E-state index is 10.6. The van der Waals surface area contributed by atoms with Crippen molar-refractivity contribution in [1.29, 1.82) is 0 Å². The molecule has 0 saturated heterocycles. The molecule has 0 aliphatic carbocycles. The fourth-order valence-corrected chi connectivity index (χ4v) is 1.20. The minimum absolute atomic E-state index is 0.0608. The predicted octanol–water partition coefficient (Wildman–Crippen LogP) is 1.63. The highest BCUT2D eigenvalue weighted by Crippen LogP contribution is 2.00. The predicted molar refractivity (Wildman–Crippen MR) is 68.8 cm³/mol. The van der Waals surface area contributed by atoms with Gasteiger partial charge in [0.2, 0.25) is 0 Å². The number of benzene rings is 1. The summed E-state index contributed by atoms with van der Waals surface area (Å²) in [6, 6.07) is 9.45. The van der Waals surface area contributed by atoms with Crippen molar-refractivity contribution in [2.75, 3.05) is 6.61 Å². The molecule has 0 saturated carbocycles. The Kier molecular flexibility index (Phi) is 5.81. The molecule has 0 bridgehead atoms. The number of aliphatic carboxylic acids is 2. The highest BCUT2D eigenvalue weighted by Gasteiger charge is 2.14. The lowest BCUT2D eigenvalue weighted by Crippen LogP contribution is -2.17. The fraction of sp³-hybridized carbons (Fsp3) is 0.154. The van der Waals surface area contributed by atoms with Gasteiger partial charge in [-0.25, -0.2) is 4.79 Å². The first-order chi connectivity index (χ1) is 9.09. The van der Waals surface area contributed by atoms with Gasteiger partial charge in [-0.05, 0) is 11.6 Å². The molecule has 100 valence electrons. The maximum Gasteiger partial charge on any atom is 0.354 e. The second-order valence-electron chi connectivity index (χ2n) is 3.52. The molecule has 1 aromatic carbocycles. The zero-order valence-corrected chi connectivity index (χ0v) is 10.0. The molecule has 1 aromatic rings. The average molecular weight is 263 g/mol. The van der Waals surface area contributed by atoms with Gasteiger partial charge < -0.3 is 15.1 Å². The SMILES string of the molecule is O=C(O)C/C(=N\OC/C=C/c1ccccc1)C(=O)O. The zero-order chi connectivity index (χ0) is 14.1. The van der Waals surface area contributed by atoms with Gasteiger partial charge in [-0.2, -0.15) is 0 Å². The summed E-state index contributed by atoms with van der Waals surface area (Å²) in [5.41, 5.74) is 0.430. The molecule has 0 fully saturated rings. The number of carboxylic acid groups (broad SMARTS) is 2. The first-order valence-corrected chi connectivity index (χ1v) is 5.45. The quantitative estimate of drug-likeness (QED) is 0.443. The van der Waals surface area contributed by atoms with Gasteiger partial charge in [-0.3, -0.25) is 4.79 Å². The zero-order valence-electron chi connectivity index (χ0n) is 10.0. The van der Waals surface area contributed by atoms with E-state index in [4.69, 9.17) is 15.1 Å². The first kappa shape index (κ1) is 14.4. The van der Waals surface area contributed by atoms with E-state index < -0.39 is 24.1 Å². The Morgan fingerprint density at radius 3 is 2.47 bits per heavy atom. The number of rotatable bonds is 7. The first-order valence-electron chi connectivity index (χ1n) is 5.45. The monoisotopic (exact) mass is 263 g/mol. The molecule has 0 aliphatic rings. The minimum Gasteiger partial charge on any atom is -0.481 e. The van der Waals surface area contributed by atoms with Gasteiger partial charge in [0.15, 0.2) is 5.71 Å². The number of hydrogen-bond acceptors (Lipinski definition) is 4. The van der Waals surface area contributed by atoms with E-state index in [0.29, 0.717) is 0 Å². The van der Waals surface area contributed by atoms with Gasteiger partial charge in [-0.1, -0.05) is 41.6 Å². The Labute approximate surface area is 109 Å². The molecule has 0 spiro atoms. The molecule has 19 heavy (non-hydrogen) atoms. The molecule has 2 N–H and O–H groups in total. The second-order valence-corrected chi connectivity index (χ2v) is 3.52. The molecule has 0 amide bonds. The van der Waals surface area contributed by atoms with Crippen LogP contribution in [0.2, 0.25) is 0 Å². The molecule has 0 aliphatic heterocycles. The van der Waals surface area contributed by atoms with Crippen molar-refractivity contribution in [1.82, 2.24) is 0 Å². The summed E-state index contributed by atoms with van der Waals surface area (Å²) in [5, 5.41) is 20.4. The summed E-state index contributed by atoms with van der Waals surface area (Å²) in [4.78, 5) is 25.7. The number of nitrogens with zero attached hydrogens (tertiary/aromatic N) is 1. The lowest BCUT2D eigenvalue weighted by atomic mass is 10.2. The van der Waals surface area contributed by atoms with E-state index in [1.807, 2.05) is 30.3 Å². The Bertz CT molecular complexity index is 493. The molecule has 6 heteroatoms. The van der Waals surface area contributed by atoms with Crippen LogP contribution >= 0.6 is 0 Å². The van der Waals surface area contributed by atoms with E-state index in [1.54, 1.807) is 12.2 Å². The van der Waals surface area contributed by atoms with Crippen LogP contribution < -0.4 is 0 Å². The van der Waals surface area contributed by atoms with E-state index in [0.717, 1.165) is 5.56 Å². The van der Waals surface area contributed by atoms with E-state index in [-0.39, 0.29) is 6.61 Å². The molecule has 0 heterocycles. The van der Waals surface area contributed by atoms with Crippen LogP contribution in [0.15, 0.2) is 41.6 Å². The van der Waals surface area contributed by atoms with E-state index in [1.165, 1.54) is 0 Å². The topological polar surface area (TPSA) is 96.2 Å². The third-order valence-electron chi connectivity index (χ3n) is 2.02. The molecule has 0 aromatic heterocycles. The standard InChI is InChI=1S/C13H13NO5/c15-12(16)9-11(13(17)18)14-19-8-4-7-10-5-2-1-3-6-10/h1-7H,8-9H2,(H,15,16)(H,17,18)/b7-4+,14-11+. The number of carbonyl (C=O) groups is 2. The van der Waals surface area contributed by atoms with Gasteiger partial charge in [0.05, 0.1) is 6.42 Å². The summed E-state index contributed by atoms with van der Waals surface area (Å²) in [5.74, 6) is -2.68. The van der Waals surface area contributed by atoms with Crippen LogP contribution in [0.4, 0.5) is 0 Å². The van der Waals surface area contributed by atoms with Crippen molar-refractivity contribution >= 4 is 23.7 Å². The number of carboxylic acids is 2. The molecular weight excluding hydrogens is 250 g/mol. The second kappa shape index (κ2) is 7.65. The third-order valence-corrected chi connectivity index (χ3v) is 2.02. The summed E-state index contributed by atoms with van der Waals surface area (Å²) >= 11 is 0. The third kappa shape index (κ3) is 6.02. The number of hydrogen-bond donors (Lipinski definition) is 2. The highest BCUT2D eigenvalue weighted by molar-refractivity contribution is 6.38. The van der Waals surface area contributed by atoms with E-state index in [9.17, 15) is 9.59 Å². The van der Waals surface area contributed by atoms with Crippen LogP contribution in [0.1, 0.15) is 12.0 Å². The van der Waals surface area contributed by atoms with Crippen molar-refractivity contribution in [3.05, 3.63) is 42.0 Å². The highest BCUT2D eigenvalue weighted by atomic mass is 16.6. The van der Waals surface area contributed by atoms with Crippen LogP contribution in [0.5, 0.6) is 0 Å². The summed E-state index contributed by atoms with van der Waals surface area (Å²) in [7, 11) is 0. The van der Waals surface area contributed by atoms with E-state index >= 15 is 0 Å². The van der Waals surface area contributed by atoms with Gasteiger partial charge >= 0.3 is 11.9 Å². The van der Waals surface area contributed by atoms with Crippen molar-refractivity contribution in [2.24, 2.45) is 5.16 Å². The maximum absolute atomic E-state index is 10.6. The molecule has 0 atom stereocenters. The van der Waals surface area contributed by atoms with Crippen LogP contribution in [-0.2, 0) is 14.4 Å². The minimum atomic E-state index is -1.41. The van der Waals surface area contributed by atoms with Crippen LogP contribution in [0, 0.1) is 0 Å². The Morgan fingerprint density at radius 2 is 1.89 bits per heavy atom. The Balaban J connectivity index is 2.45. The van der Waals surface area contributed by atoms with Crippen LogP contribution in [0.25, 0.3) is 6.08 Å². The number of oxime groups is 1. The van der Waals surface area contributed by atoms with Crippen molar-refractivity contribution < 1.29 is 24.6 Å². The Hall–Kier alpha value is -2.63. The smallest absolute Gasteiger partial charge is 0.354 e. The molecule has 6 nitrogen and oxygen atoms in total. The van der Waals surface area contributed by atoms with Crippen molar-refractivity contribution in [3.63, 3.8) is 0 Å². The summed E-state index contributed by atoms with van der Waals surface area (Å²) in [6.07, 6.45) is 2.75. The lowest BCUT2D eigenvalue weighted by molar-refractivity contribution is -0.137.